The lowest BCUT2D eigenvalue weighted by Crippen LogP contribution is -2.26. The minimum absolute atomic E-state index is 0. The number of hydrogen-bond acceptors (Lipinski definition) is 2. The minimum atomic E-state index is 0. The Morgan fingerprint density at radius 3 is 2.36 bits per heavy atom. The van der Waals surface area contributed by atoms with Gasteiger partial charge in [-0.3, -0.25) is 4.79 Å². The van der Waals surface area contributed by atoms with Crippen LogP contribution in [0.1, 0.15) is 30.4 Å². The second-order valence-electron chi connectivity index (χ2n) is 5.36. The van der Waals surface area contributed by atoms with Gasteiger partial charge in [0.1, 0.15) is 0 Å². The Morgan fingerprint density at radius 1 is 1.09 bits per heavy atom. The summed E-state index contributed by atoms with van der Waals surface area (Å²) in [7, 11) is 0. The Bertz CT molecular complexity index is 569. The largest absolute Gasteiger partial charge is 0.399 e. The number of carbonyl (C=O) groups is 1. The molecule has 1 unspecified atom stereocenters. The Balaban J connectivity index is 0.00000242. The maximum absolute atomic E-state index is 11.9. The van der Waals surface area contributed by atoms with E-state index in [0.29, 0.717) is 13.0 Å². The van der Waals surface area contributed by atoms with Crippen LogP contribution in [0, 0.1) is 0 Å². The molecule has 2 aromatic carbocycles. The fourth-order valence-corrected chi connectivity index (χ4v) is 2.28. The summed E-state index contributed by atoms with van der Waals surface area (Å²) in [4.78, 5) is 11.9. The van der Waals surface area contributed by atoms with Gasteiger partial charge in [0.25, 0.3) is 0 Å². The number of halogens is 1. The lowest BCUT2D eigenvalue weighted by molar-refractivity contribution is -0.121. The highest BCUT2D eigenvalue weighted by atomic mass is 35.5. The van der Waals surface area contributed by atoms with Crippen molar-refractivity contribution in [2.45, 2.75) is 25.7 Å². The van der Waals surface area contributed by atoms with E-state index < -0.39 is 0 Å². The number of amides is 1. The molecule has 0 spiro atoms. The van der Waals surface area contributed by atoms with Crippen molar-refractivity contribution in [3.63, 3.8) is 0 Å². The SMILES string of the molecule is CC(CC(=O)NCCc1ccc(N)cc1)c1ccccc1.Cl. The van der Waals surface area contributed by atoms with Crippen LogP contribution in [-0.4, -0.2) is 12.5 Å². The van der Waals surface area contributed by atoms with Crippen LogP contribution in [0.4, 0.5) is 5.69 Å². The van der Waals surface area contributed by atoms with E-state index in [1.807, 2.05) is 42.5 Å². The highest BCUT2D eigenvalue weighted by Crippen LogP contribution is 2.17. The summed E-state index contributed by atoms with van der Waals surface area (Å²) in [5, 5.41) is 2.98. The zero-order valence-electron chi connectivity index (χ0n) is 12.8. The lowest BCUT2D eigenvalue weighted by Gasteiger charge is -2.12. The van der Waals surface area contributed by atoms with Crippen LogP contribution in [0.25, 0.3) is 0 Å². The fourth-order valence-electron chi connectivity index (χ4n) is 2.28. The van der Waals surface area contributed by atoms with Gasteiger partial charge < -0.3 is 11.1 Å². The predicted octanol–water partition coefficient (Wildman–Crippen LogP) is 3.54. The van der Waals surface area contributed by atoms with Gasteiger partial charge in [0.15, 0.2) is 0 Å². The predicted molar refractivity (Wildman–Crippen MR) is 94.3 cm³/mol. The summed E-state index contributed by atoms with van der Waals surface area (Å²) in [5.41, 5.74) is 8.79. The first-order chi connectivity index (χ1) is 10.1. The van der Waals surface area contributed by atoms with Gasteiger partial charge in [-0.15, -0.1) is 12.4 Å². The molecule has 0 aliphatic carbocycles. The van der Waals surface area contributed by atoms with Crippen LogP contribution in [0.2, 0.25) is 0 Å². The number of hydrogen-bond donors (Lipinski definition) is 2. The maximum Gasteiger partial charge on any atom is 0.220 e. The monoisotopic (exact) mass is 318 g/mol. The number of anilines is 1. The average molecular weight is 319 g/mol. The quantitative estimate of drug-likeness (QED) is 0.800. The smallest absolute Gasteiger partial charge is 0.220 e. The van der Waals surface area contributed by atoms with Gasteiger partial charge in [-0.1, -0.05) is 49.4 Å². The summed E-state index contributed by atoms with van der Waals surface area (Å²) in [6.07, 6.45) is 1.34. The third-order valence-corrected chi connectivity index (χ3v) is 3.58. The van der Waals surface area contributed by atoms with E-state index >= 15 is 0 Å². The van der Waals surface area contributed by atoms with Crippen LogP contribution >= 0.6 is 12.4 Å². The Kier molecular flexibility index (Phi) is 7.47. The van der Waals surface area contributed by atoms with Gasteiger partial charge in [-0.2, -0.15) is 0 Å². The van der Waals surface area contributed by atoms with E-state index in [0.717, 1.165) is 12.1 Å². The zero-order valence-corrected chi connectivity index (χ0v) is 13.6. The van der Waals surface area contributed by atoms with Gasteiger partial charge >= 0.3 is 0 Å². The van der Waals surface area contributed by atoms with Crippen molar-refractivity contribution in [1.29, 1.82) is 0 Å². The van der Waals surface area contributed by atoms with Crippen molar-refractivity contribution in [2.24, 2.45) is 0 Å². The van der Waals surface area contributed by atoms with Crippen molar-refractivity contribution >= 4 is 24.0 Å². The summed E-state index contributed by atoms with van der Waals surface area (Å²) in [6, 6.07) is 17.9. The summed E-state index contributed by atoms with van der Waals surface area (Å²) in [5.74, 6) is 0.338. The molecule has 0 bridgehead atoms. The molecule has 0 radical (unpaired) electrons. The molecule has 0 saturated carbocycles. The molecule has 1 amide bonds. The molecule has 118 valence electrons. The van der Waals surface area contributed by atoms with Gasteiger partial charge in [-0.25, -0.2) is 0 Å². The summed E-state index contributed by atoms with van der Waals surface area (Å²) < 4.78 is 0. The van der Waals surface area contributed by atoms with Crippen molar-refractivity contribution in [3.8, 4) is 0 Å². The van der Waals surface area contributed by atoms with Crippen molar-refractivity contribution < 1.29 is 4.79 Å². The van der Waals surface area contributed by atoms with Gasteiger partial charge in [-0.05, 0) is 35.6 Å². The standard InChI is InChI=1S/C18H22N2O.ClH/c1-14(16-5-3-2-4-6-16)13-18(21)20-12-11-15-7-9-17(19)10-8-15;/h2-10,14H,11-13,19H2,1H3,(H,20,21);1H. The molecular weight excluding hydrogens is 296 g/mol. The number of nitrogens with two attached hydrogens (primary N) is 1. The van der Waals surface area contributed by atoms with E-state index in [1.165, 1.54) is 11.1 Å². The number of carbonyl (C=O) groups excluding carboxylic acids is 1. The molecule has 0 aliphatic heterocycles. The van der Waals surface area contributed by atoms with E-state index in [9.17, 15) is 4.79 Å². The summed E-state index contributed by atoms with van der Waals surface area (Å²) in [6.45, 7) is 2.74. The molecule has 3 nitrogen and oxygen atoms in total. The molecule has 0 saturated heterocycles. The Labute approximate surface area is 138 Å². The third kappa shape index (κ3) is 5.78. The zero-order chi connectivity index (χ0) is 15.1. The molecule has 0 aliphatic rings. The number of nitrogen functional groups attached to an aromatic ring is 1. The average Bonchev–Trinajstić information content (AvgIpc) is 2.50. The second-order valence-corrected chi connectivity index (χ2v) is 5.36. The molecule has 0 heterocycles. The summed E-state index contributed by atoms with van der Waals surface area (Å²) >= 11 is 0. The number of rotatable bonds is 6. The minimum Gasteiger partial charge on any atom is -0.399 e. The molecule has 0 fully saturated rings. The van der Waals surface area contributed by atoms with E-state index in [4.69, 9.17) is 5.73 Å². The second kappa shape index (κ2) is 9.11. The van der Waals surface area contributed by atoms with Gasteiger partial charge in [0.2, 0.25) is 5.91 Å². The van der Waals surface area contributed by atoms with Crippen LogP contribution in [0.5, 0.6) is 0 Å². The normalized spacial score (nSPS) is 11.3. The van der Waals surface area contributed by atoms with Gasteiger partial charge in [0.05, 0.1) is 0 Å². The van der Waals surface area contributed by atoms with E-state index in [2.05, 4.69) is 24.4 Å². The molecule has 1 atom stereocenters. The highest BCUT2D eigenvalue weighted by molar-refractivity contribution is 5.85. The highest BCUT2D eigenvalue weighted by Gasteiger charge is 2.10. The fraction of sp³-hybridized carbons (Fsp3) is 0.278. The van der Waals surface area contributed by atoms with E-state index in [1.54, 1.807) is 0 Å². The number of nitrogens with one attached hydrogen (secondary N) is 1. The molecule has 3 N–H and O–H groups in total. The van der Waals surface area contributed by atoms with E-state index in [-0.39, 0.29) is 24.2 Å². The third-order valence-electron chi connectivity index (χ3n) is 3.58. The van der Waals surface area contributed by atoms with Gasteiger partial charge in [0, 0.05) is 18.7 Å². The lowest BCUT2D eigenvalue weighted by atomic mass is 9.97. The first kappa shape index (κ1) is 18.1. The van der Waals surface area contributed by atoms with Crippen LogP contribution in [0.15, 0.2) is 54.6 Å². The van der Waals surface area contributed by atoms with Crippen LogP contribution in [0.3, 0.4) is 0 Å². The first-order valence-corrected chi connectivity index (χ1v) is 7.31. The molecule has 0 aromatic heterocycles. The first-order valence-electron chi connectivity index (χ1n) is 7.31. The number of benzene rings is 2. The molecule has 2 rings (SSSR count). The van der Waals surface area contributed by atoms with Crippen molar-refractivity contribution in [1.82, 2.24) is 5.32 Å². The van der Waals surface area contributed by atoms with Crippen LogP contribution in [-0.2, 0) is 11.2 Å². The topological polar surface area (TPSA) is 55.1 Å². The van der Waals surface area contributed by atoms with Crippen LogP contribution < -0.4 is 11.1 Å². The Morgan fingerprint density at radius 2 is 1.73 bits per heavy atom. The molecule has 2 aromatic rings. The Hall–Kier alpha value is -2.00. The molecule has 4 heteroatoms. The molecule has 22 heavy (non-hydrogen) atoms. The maximum atomic E-state index is 11.9. The molecular formula is C18H23ClN2O. The van der Waals surface area contributed by atoms with Crippen molar-refractivity contribution in [3.05, 3.63) is 65.7 Å². The van der Waals surface area contributed by atoms with Crippen molar-refractivity contribution in [2.75, 3.05) is 12.3 Å².